The Morgan fingerprint density at radius 2 is 2.00 bits per heavy atom. The molecular weight excluding hydrogens is 236 g/mol. The van der Waals surface area contributed by atoms with Crippen molar-refractivity contribution in [1.29, 1.82) is 0 Å². The van der Waals surface area contributed by atoms with Crippen LogP contribution in [0.5, 0.6) is 11.5 Å². The average Bonchev–Trinajstić information content (AvgIpc) is 2.36. The zero-order valence-electron chi connectivity index (χ0n) is 10.8. The minimum atomic E-state index is 0.441. The van der Waals surface area contributed by atoms with Crippen LogP contribution in [0.15, 0.2) is 18.2 Å². The van der Waals surface area contributed by atoms with E-state index in [1.54, 1.807) is 0 Å². The SMILES string of the molecule is CCOc1cccc(CCl)c1OCC(C)CC. The molecule has 0 amide bonds. The van der Waals surface area contributed by atoms with Gasteiger partial charge in [0.05, 0.1) is 19.1 Å². The van der Waals surface area contributed by atoms with E-state index < -0.39 is 0 Å². The zero-order chi connectivity index (χ0) is 12.7. The Labute approximate surface area is 109 Å². The van der Waals surface area contributed by atoms with Crippen molar-refractivity contribution in [3.8, 4) is 11.5 Å². The first-order valence-corrected chi connectivity index (χ1v) is 6.69. The molecule has 0 spiro atoms. The molecule has 0 radical (unpaired) electrons. The van der Waals surface area contributed by atoms with Crippen molar-refractivity contribution in [2.45, 2.75) is 33.1 Å². The van der Waals surface area contributed by atoms with E-state index >= 15 is 0 Å². The number of alkyl halides is 1. The van der Waals surface area contributed by atoms with Gasteiger partial charge in [0.2, 0.25) is 0 Å². The highest BCUT2D eigenvalue weighted by Crippen LogP contribution is 2.32. The maximum atomic E-state index is 5.92. The first-order valence-electron chi connectivity index (χ1n) is 6.16. The van der Waals surface area contributed by atoms with E-state index in [2.05, 4.69) is 13.8 Å². The molecule has 0 saturated carbocycles. The fraction of sp³-hybridized carbons (Fsp3) is 0.571. The van der Waals surface area contributed by atoms with Crippen LogP contribution in [0.2, 0.25) is 0 Å². The molecule has 3 heteroatoms. The van der Waals surface area contributed by atoms with Gasteiger partial charge in [-0.05, 0) is 18.9 Å². The highest BCUT2D eigenvalue weighted by atomic mass is 35.5. The van der Waals surface area contributed by atoms with Gasteiger partial charge in [0.15, 0.2) is 11.5 Å². The summed E-state index contributed by atoms with van der Waals surface area (Å²) in [7, 11) is 0. The smallest absolute Gasteiger partial charge is 0.165 e. The van der Waals surface area contributed by atoms with Crippen LogP contribution in [-0.2, 0) is 5.88 Å². The summed E-state index contributed by atoms with van der Waals surface area (Å²) < 4.78 is 11.4. The first kappa shape index (κ1) is 14.2. The topological polar surface area (TPSA) is 18.5 Å². The monoisotopic (exact) mass is 256 g/mol. The third-order valence-corrected chi connectivity index (χ3v) is 3.00. The summed E-state index contributed by atoms with van der Waals surface area (Å²) >= 11 is 5.92. The highest BCUT2D eigenvalue weighted by molar-refractivity contribution is 6.17. The summed E-state index contributed by atoms with van der Waals surface area (Å²) in [5.41, 5.74) is 0.987. The second kappa shape index (κ2) is 7.44. The fourth-order valence-corrected chi connectivity index (χ4v) is 1.65. The minimum absolute atomic E-state index is 0.441. The van der Waals surface area contributed by atoms with Gasteiger partial charge < -0.3 is 9.47 Å². The van der Waals surface area contributed by atoms with Crippen molar-refractivity contribution in [1.82, 2.24) is 0 Å². The third kappa shape index (κ3) is 4.12. The van der Waals surface area contributed by atoms with Crippen molar-refractivity contribution in [3.05, 3.63) is 23.8 Å². The highest BCUT2D eigenvalue weighted by Gasteiger charge is 2.11. The summed E-state index contributed by atoms with van der Waals surface area (Å²) in [6, 6.07) is 5.84. The molecule has 1 atom stereocenters. The van der Waals surface area contributed by atoms with Gasteiger partial charge in [0.25, 0.3) is 0 Å². The van der Waals surface area contributed by atoms with E-state index in [1.807, 2.05) is 25.1 Å². The molecule has 0 saturated heterocycles. The standard InChI is InChI=1S/C14H21ClO2/c1-4-11(3)10-17-14-12(9-15)7-6-8-13(14)16-5-2/h6-8,11H,4-5,9-10H2,1-3H3. The zero-order valence-corrected chi connectivity index (χ0v) is 11.6. The van der Waals surface area contributed by atoms with Crippen LogP contribution in [0.3, 0.4) is 0 Å². The average molecular weight is 257 g/mol. The minimum Gasteiger partial charge on any atom is -0.490 e. The molecule has 0 bridgehead atoms. The number of benzene rings is 1. The Morgan fingerprint density at radius 3 is 2.59 bits per heavy atom. The second-order valence-electron chi connectivity index (χ2n) is 4.14. The molecule has 2 nitrogen and oxygen atoms in total. The number of hydrogen-bond donors (Lipinski definition) is 0. The van der Waals surface area contributed by atoms with Crippen LogP contribution < -0.4 is 9.47 Å². The molecular formula is C14H21ClO2. The van der Waals surface area contributed by atoms with Crippen LogP contribution in [0.1, 0.15) is 32.8 Å². The predicted octanol–water partition coefficient (Wildman–Crippen LogP) is 4.25. The molecule has 17 heavy (non-hydrogen) atoms. The van der Waals surface area contributed by atoms with Gasteiger partial charge in [0.1, 0.15) is 0 Å². The van der Waals surface area contributed by atoms with Crippen molar-refractivity contribution < 1.29 is 9.47 Å². The van der Waals surface area contributed by atoms with E-state index in [9.17, 15) is 0 Å². The molecule has 1 aromatic carbocycles. The number of hydrogen-bond acceptors (Lipinski definition) is 2. The van der Waals surface area contributed by atoms with Crippen LogP contribution in [-0.4, -0.2) is 13.2 Å². The second-order valence-corrected chi connectivity index (χ2v) is 4.40. The number of ether oxygens (including phenoxy) is 2. The molecule has 0 aliphatic heterocycles. The largest absolute Gasteiger partial charge is 0.490 e. The third-order valence-electron chi connectivity index (χ3n) is 2.71. The van der Waals surface area contributed by atoms with Gasteiger partial charge in [-0.15, -0.1) is 11.6 Å². The molecule has 0 aliphatic carbocycles. The van der Waals surface area contributed by atoms with Gasteiger partial charge >= 0.3 is 0 Å². The quantitative estimate of drug-likeness (QED) is 0.679. The maximum Gasteiger partial charge on any atom is 0.165 e. The lowest BCUT2D eigenvalue weighted by molar-refractivity contribution is 0.236. The molecule has 0 heterocycles. The molecule has 0 aromatic heterocycles. The van der Waals surface area contributed by atoms with Crippen molar-refractivity contribution in [2.75, 3.05) is 13.2 Å². The molecule has 96 valence electrons. The lowest BCUT2D eigenvalue weighted by Gasteiger charge is -2.17. The lowest BCUT2D eigenvalue weighted by Crippen LogP contribution is -2.09. The number of para-hydroxylation sites is 1. The van der Waals surface area contributed by atoms with Gasteiger partial charge in [-0.25, -0.2) is 0 Å². The Hall–Kier alpha value is -0.890. The molecule has 0 fully saturated rings. The summed E-state index contributed by atoms with van der Waals surface area (Å²) in [5.74, 6) is 2.56. The van der Waals surface area contributed by atoms with Gasteiger partial charge in [0, 0.05) is 5.56 Å². The van der Waals surface area contributed by atoms with Crippen molar-refractivity contribution in [3.63, 3.8) is 0 Å². The van der Waals surface area contributed by atoms with E-state index in [4.69, 9.17) is 21.1 Å². The normalized spacial score (nSPS) is 12.2. The summed E-state index contributed by atoms with van der Waals surface area (Å²) in [5, 5.41) is 0. The first-order chi connectivity index (χ1) is 8.22. The van der Waals surface area contributed by atoms with Crippen molar-refractivity contribution in [2.24, 2.45) is 5.92 Å². The molecule has 1 rings (SSSR count). The van der Waals surface area contributed by atoms with Crippen LogP contribution in [0, 0.1) is 5.92 Å². The Bertz CT molecular complexity index is 339. The van der Waals surface area contributed by atoms with Crippen LogP contribution in [0.25, 0.3) is 0 Å². The molecule has 0 aliphatic rings. The molecule has 1 unspecified atom stereocenters. The summed E-state index contributed by atoms with van der Waals surface area (Å²) in [6.07, 6.45) is 1.10. The summed E-state index contributed by atoms with van der Waals surface area (Å²) in [6.45, 7) is 7.62. The summed E-state index contributed by atoms with van der Waals surface area (Å²) in [4.78, 5) is 0. The van der Waals surface area contributed by atoms with Gasteiger partial charge in [-0.3, -0.25) is 0 Å². The Morgan fingerprint density at radius 1 is 1.24 bits per heavy atom. The maximum absolute atomic E-state index is 5.92. The van der Waals surface area contributed by atoms with E-state index in [1.165, 1.54) is 0 Å². The van der Waals surface area contributed by atoms with Gasteiger partial charge in [-0.2, -0.15) is 0 Å². The number of rotatable bonds is 7. The van der Waals surface area contributed by atoms with Gasteiger partial charge in [-0.1, -0.05) is 32.4 Å². The Kier molecular flexibility index (Phi) is 6.20. The van der Waals surface area contributed by atoms with E-state index in [0.717, 1.165) is 23.5 Å². The van der Waals surface area contributed by atoms with Crippen LogP contribution >= 0.6 is 11.6 Å². The lowest BCUT2D eigenvalue weighted by atomic mass is 10.1. The van der Waals surface area contributed by atoms with Crippen LogP contribution in [0.4, 0.5) is 0 Å². The molecule has 0 N–H and O–H groups in total. The number of halogens is 1. The Balaban J connectivity index is 2.84. The van der Waals surface area contributed by atoms with E-state index in [0.29, 0.717) is 25.0 Å². The van der Waals surface area contributed by atoms with Crippen molar-refractivity contribution >= 4 is 11.6 Å². The molecule has 1 aromatic rings. The fourth-order valence-electron chi connectivity index (χ4n) is 1.44. The predicted molar refractivity (Wildman–Crippen MR) is 72.1 cm³/mol. The van der Waals surface area contributed by atoms with E-state index in [-0.39, 0.29) is 0 Å².